The van der Waals surface area contributed by atoms with Gasteiger partial charge < -0.3 is 5.32 Å². The van der Waals surface area contributed by atoms with E-state index in [4.69, 9.17) is 0 Å². The summed E-state index contributed by atoms with van der Waals surface area (Å²) in [6.45, 7) is 3.05. The summed E-state index contributed by atoms with van der Waals surface area (Å²) in [4.78, 5) is 17.7. The summed E-state index contributed by atoms with van der Waals surface area (Å²) in [7, 11) is 2.04. The Labute approximate surface area is 119 Å². The number of aromatic nitrogens is 1. The smallest absolute Gasteiger partial charge is 0.221 e. The van der Waals surface area contributed by atoms with Crippen LogP contribution in [0.3, 0.4) is 0 Å². The van der Waals surface area contributed by atoms with E-state index in [1.54, 1.807) is 6.20 Å². The Bertz CT molecular complexity index is 569. The van der Waals surface area contributed by atoms with Gasteiger partial charge in [-0.15, -0.1) is 0 Å². The van der Waals surface area contributed by atoms with Gasteiger partial charge in [0.1, 0.15) is 0 Å². The van der Waals surface area contributed by atoms with Crippen LogP contribution in [0.25, 0.3) is 0 Å². The molecule has 0 unspecified atom stereocenters. The van der Waals surface area contributed by atoms with E-state index in [1.807, 2.05) is 49.5 Å². The molecule has 0 saturated carbocycles. The molecule has 0 fully saturated rings. The number of carbonyl (C=O) groups is 1. The van der Waals surface area contributed by atoms with Gasteiger partial charge in [-0.25, -0.2) is 0 Å². The number of pyridine rings is 1. The quantitative estimate of drug-likeness (QED) is 0.907. The lowest BCUT2D eigenvalue weighted by Crippen LogP contribution is -2.19. The van der Waals surface area contributed by atoms with E-state index in [1.165, 1.54) is 6.92 Å². The molecule has 2 rings (SSSR count). The van der Waals surface area contributed by atoms with Crippen molar-refractivity contribution in [2.75, 3.05) is 12.4 Å². The van der Waals surface area contributed by atoms with Crippen LogP contribution in [0.4, 0.5) is 5.69 Å². The molecule has 0 saturated heterocycles. The summed E-state index contributed by atoms with van der Waals surface area (Å²) in [6, 6.07) is 13.8. The predicted octanol–water partition coefficient (Wildman–Crippen LogP) is 2.67. The lowest BCUT2D eigenvalue weighted by atomic mass is 10.1. The largest absolute Gasteiger partial charge is 0.326 e. The molecule has 1 heterocycles. The van der Waals surface area contributed by atoms with Crippen LogP contribution >= 0.6 is 0 Å². The predicted molar refractivity (Wildman–Crippen MR) is 80.2 cm³/mol. The number of hydrogen-bond donors (Lipinski definition) is 1. The number of hydrogen-bond acceptors (Lipinski definition) is 3. The highest BCUT2D eigenvalue weighted by atomic mass is 16.1. The van der Waals surface area contributed by atoms with Gasteiger partial charge in [-0.3, -0.25) is 14.7 Å². The van der Waals surface area contributed by atoms with Gasteiger partial charge in [0, 0.05) is 31.9 Å². The molecule has 1 amide bonds. The third-order valence-electron chi connectivity index (χ3n) is 2.93. The number of amides is 1. The van der Waals surface area contributed by atoms with Crippen LogP contribution in [0.2, 0.25) is 0 Å². The summed E-state index contributed by atoms with van der Waals surface area (Å²) < 4.78 is 0. The first-order valence-corrected chi connectivity index (χ1v) is 6.59. The van der Waals surface area contributed by atoms with Crippen molar-refractivity contribution in [2.24, 2.45) is 0 Å². The van der Waals surface area contributed by atoms with Gasteiger partial charge in [-0.1, -0.05) is 24.3 Å². The number of carbonyl (C=O) groups excluding carboxylic acids is 1. The monoisotopic (exact) mass is 269 g/mol. The molecule has 0 spiro atoms. The standard InChI is InChI=1S/C16H19N3O/c1-13(20)18-16-9-4-3-7-14(16)11-19(2)12-15-8-5-6-10-17-15/h3-10H,11-12H2,1-2H3,(H,18,20). The summed E-state index contributed by atoms with van der Waals surface area (Å²) in [5.74, 6) is -0.0511. The molecule has 4 heteroatoms. The zero-order valence-electron chi connectivity index (χ0n) is 11.8. The lowest BCUT2D eigenvalue weighted by Gasteiger charge is -2.18. The van der Waals surface area contributed by atoms with Gasteiger partial charge in [0.05, 0.1) is 5.69 Å². The van der Waals surface area contributed by atoms with Crippen molar-refractivity contribution >= 4 is 11.6 Å². The van der Waals surface area contributed by atoms with Crippen molar-refractivity contribution in [3.8, 4) is 0 Å². The zero-order chi connectivity index (χ0) is 14.4. The van der Waals surface area contributed by atoms with Gasteiger partial charge in [0.15, 0.2) is 0 Å². The van der Waals surface area contributed by atoms with Crippen LogP contribution in [0, 0.1) is 0 Å². The molecule has 1 N–H and O–H groups in total. The summed E-state index contributed by atoms with van der Waals surface area (Å²) in [5, 5.41) is 2.86. The molecule has 4 nitrogen and oxygen atoms in total. The van der Waals surface area contributed by atoms with E-state index < -0.39 is 0 Å². The average Bonchev–Trinajstić information content (AvgIpc) is 2.41. The van der Waals surface area contributed by atoms with Crippen molar-refractivity contribution in [1.82, 2.24) is 9.88 Å². The highest BCUT2D eigenvalue weighted by Crippen LogP contribution is 2.17. The number of nitrogens with one attached hydrogen (secondary N) is 1. The van der Waals surface area contributed by atoms with Crippen molar-refractivity contribution in [1.29, 1.82) is 0 Å². The molecule has 1 aromatic heterocycles. The number of rotatable bonds is 5. The lowest BCUT2D eigenvalue weighted by molar-refractivity contribution is -0.114. The molecule has 20 heavy (non-hydrogen) atoms. The van der Waals surface area contributed by atoms with E-state index in [2.05, 4.69) is 15.2 Å². The van der Waals surface area contributed by atoms with E-state index in [0.29, 0.717) is 0 Å². The van der Waals surface area contributed by atoms with Crippen LogP contribution < -0.4 is 5.32 Å². The maximum Gasteiger partial charge on any atom is 0.221 e. The molecule has 0 aliphatic heterocycles. The number of benzene rings is 1. The minimum absolute atomic E-state index is 0.0511. The van der Waals surface area contributed by atoms with Crippen LogP contribution in [-0.2, 0) is 17.9 Å². The highest BCUT2D eigenvalue weighted by molar-refractivity contribution is 5.89. The minimum Gasteiger partial charge on any atom is -0.326 e. The third-order valence-corrected chi connectivity index (χ3v) is 2.93. The Morgan fingerprint density at radius 1 is 1.15 bits per heavy atom. The van der Waals surface area contributed by atoms with Gasteiger partial charge in [-0.2, -0.15) is 0 Å². The van der Waals surface area contributed by atoms with Crippen molar-refractivity contribution in [3.63, 3.8) is 0 Å². The van der Waals surface area contributed by atoms with Crippen molar-refractivity contribution in [3.05, 3.63) is 59.9 Å². The minimum atomic E-state index is -0.0511. The molecule has 2 aromatic rings. The molecule has 0 aliphatic carbocycles. The maximum absolute atomic E-state index is 11.2. The molecule has 1 aromatic carbocycles. The van der Waals surface area contributed by atoms with E-state index >= 15 is 0 Å². The van der Waals surface area contributed by atoms with Crippen LogP contribution in [0.1, 0.15) is 18.2 Å². The molecule has 0 bridgehead atoms. The first-order chi connectivity index (χ1) is 9.65. The van der Waals surface area contributed by atoms with Crippen LogP contribution in [-0.4, -0.2) is 22.8 Å². The zero-order valence-corrected chi connectivity index (χ0v) is 11.8. The second-order valence-electron chi connectivity index (χ2n) is 4.83. The van der Waals surface area contributed by atoms with Gasteiger partial charge >= 0.3 is 0 Å². The Morgan fingerprint density at radius 2 is 1.90 bits per heavy atom. The van der Waals surface area contributed by atoms with Crippen molar-refractivity contribution in [2.45, 2.75) is 20.0 Å². The Balaban J connectivity index is 2.04. The van der Waals surface area contributed by atoms with Gasteiger partial charge in [0.2, 0.25) is 5.91 Å². The maximum atomic E-state index is 11.2. The second-order valence-corrected chi connectivity index (χ2v) is 4.83. The number of para-hydroxylation sites is 1. The number of anilines is 1. The SMILES string of the molecule is CC(=O)Nc1ccccc1CN(C)Cc1ccccn1. The van der Waals surface area contributed by atoms with Gasteiger partial charge in [0.25, 0.3) is 0 Å². The fourth-order valence-electron chi connectivity index (χ4n) is 2.08. The van der Waals surface area contributed by atoms with E-state index in [9.17, 15) is 4.79 Å². The normalized spacial score (nSPS) is 10.6. The Morgan fingerprint density at radius 3 is 2.60 bits per heavy atom. The Hall–Kier alpha value is -2.20. The number of nitrogens with zero attached hydrogens (tertiary/aromatic N) is 2. The van der Waals surface area contributed by atoms with E-state index in [-0.39, 0.29) is 5.91 Å². The summed E-state index contributed by atoms with van der Waals surface area (Å²) in [5.41, 5.74) is 3.00. The fraction of sp³-hybridized carbons (Fsp3) is 0.250. The molecule has 0 radical (unpaired) electrons. The second kappa shape index (κ2) is 6.82. The third kappa shape index (κ3) is 4.17. The van der Waals surface area contributed by atoms with Crippen LogP contribution in [0.15, 0.2) is 48.7 Å². The molecular weight excluding hydrogens is 250 g/mol. The fourth-order valence-corrected chi connectivity index (χ4v) is 2.08. The molecule has 0 aliphatic rings. The van der Waals surface area contributed by atoms with E-state index in [0.717, 1.165) is 30.0 Å². The average molecular weight is 269 g/mol. The Kier molecular flexibility index (Phi) is 4.85. The topological polar surface area (TPSA) is 45.2 Å². The van der Waals surface area contributed by atoms with Crippen molar-refractivity contribution < 1.29 is 4.79 Å². The van der Waals surface area contributed by atoms with Crippen LogP contribution in [0.5, 0.6) is 0 Å². The van der Waals surface area contributed by atoms with Gasteiger partial charge in [-0.05, 0) is 30.8 Å². The first kappa shape index (κ1) is 14.2. The summed E-state index contributed by atoms with van der Waals surface area (Å²) >= 11 is 0. The molecule has 0 atom stereocenters. The summed E-state index contributed by atoms with van der Waals surface area (Å²) in [6.07, 6.45) is 1.80. The first-order valence-electron chi connectivity index (χ1n) is 6.59. The highest BCUT2D eigenvalue weighted by Gasteiger charge is 2.07. The molecule has 104 valence electrons. The molecular formula is C16H19N3O.